The zero-order valence-electron chi connectivity index (χ0n) is 17.6. The van der Waals surface area contributed by atoms with Gasteiger partial charge in [0.15, 0.2) is 15.0 Å². The number of anilines is 1. The van der Waals surface area contributed by atoms with Crippen molar-refractivity contribution in [2.75, 3.05) is 30.7 Å². The molecular formula is C21H23ClN4O4S2. The average molecular weight is 495 g/mol. The van der Waals surface area contributed by atoms with E-state index in [1.807, 2.05) is 13.8 Å². The summed E-state index contributed by atoms with van der Waals surface area (Å²) in [5.41, 5.74) is 5.96. The van der Waals surface area contributed by atoms with Crippen molar-refractivity contribution in [3.05, 3.63) is 52.5 Å². The van der Waals surface area contributed by atoms with Gasteiger partial charge < -0.3 is 10.6 Å². The number of hydrogen-bond acceptors (Lipinski definition) is 7. The number of benzene rings is 2. The molecule has 0 aliphatic rings. The maximum Gasteiger partial charge on any atom is 0.258 e. The number of sulfone groups is 1. The van der Waals surface area contributed by atoms with E-state index >= 15 is 0 Å². The van der Waals surface area contributed by atoms with Crippen molar-refractivity contribution >= 4 is 59.9 Å². The molecule has 1 heterocycles. The number of rotatable bonds is 9. The van der Waals surface area contributed by atoms with Crippen LogP contribution in [0.4, 0.5) is 5.13 Å². The van der Waals surface area contributed by atoms with Gasteiger partial charge in [0.05, 0.1) is 37.0 Å². The molecule has 0 saturated carbocycles. The second-order valence-electron chi connectivity index (χ2n) is 6.98. The second kappa shape index (κ2) is 9.95. The molecule has 0 aliphatic carbocycles. The summed E-state index contributed by atoms with van der Waals surface area (Å²) >= 11 is 7.29. The van der Waals surface area contributed by atoms with E-state index < -0.39 is 21.7 Å². The summed E-state index contributed by atoms with van der Waals surface area (Å²) in [5, 5.41) is 2.88. The molecule has 0 unspecified atom stereocenters. The Labute approximate surface area is 195 Å². The molecule has 0 spiro atoms. The van der Waals surface area contributed by atoms with Crippen molar-refractivity contribution < 1.29 is 18.0 Å². The second-order valence-corrected chi connectivity index (χ2v) is 10.5. The lowest BCUT2D eigenvalue weighted by molar-refractivity contribution is 0.100. The number of primary amides is 1. The lowest BCUT2D eigenvalue weighted by atomic mass is 10.1. The highest BCUT2D eigenvalue weighted by Crippen LogP contribution is 2.30. The Morgan fingerprint density at radius 3 is 2.50 bits per heavy atom. The Balaban J connectivity index is 1.82. The first-order valence-electron chi connectivity index (χ1n) is 9.91. The van der Waals surface area contributed by atoms with Gasteiger partial charge in [-0.2, -0.15) is 0 Å². The van der Waals surface area contributed by atoms with Crippen LogP contribution in [0.3, 0.4) is 0 Å². The molecule has 0 radical (unpaired) electrons. The topological polar surface area (TPSA) is 122 Å². The molecule has 1 aromatic heterocycles. The monoisotopic (exact) mass is 494 g/mol. The Hall–Kier alpha value is -2.53. The molecule has 11 heteroatoms. The minimum Gasteiger partial charge on any atom is -0.366 e. The molecule has 3 N–H and O–H groups in total. The van der Waals surface area contributed by atoms with Gasteiger partial charge in [-0.1, -0.05) is 42.9 Å². The largest absolute Gasteiger partial charge is 0.366 e. The van der Waals surface area contributed by atoms with Crippen LogP contribution < -0.4 is 11.1 Å². The van der Waals surface area contributed by atoms with Crippen LogP contribution in [0.15, 0.2) is 41.3 Å². The molecule has 3 rings (SSSR count). The SMILES string of the molecule is CCN(CC)CCS(=O)(=O)c1ccc2nc(NC(=O)c3cccc(C(N)=O)c3Cl)sc2c1. The van der Waals surface area contributed by atoms with Gasteiger partial charge in [-0.25, -0.2) is 13.4 Å². The lowest BCUT2D eigenvalue weighted by Crippen LogP contribution is -2.29. The van der Waals surface area contributed by atoms with Crippen LogP contribution >= 0.6 is 22.9 Å². The maximum atomic E-state index is 12.7. The van der Waals surface area contributed by atoms with E-state index in [2.05, 4.69) is 15.2 Å². The van der Waals surface area contributed by atoms with Gasteiger partial charge in [0.25, 0.3) is 5.91 Å². The van der Waals surface area contributed by atoms with E-state index in [4.69, 9.17) is 17.3 Å². The zero-order valence-corrected chi connectivity index (χ0v) is 20.0. The van der Waals surface area contributed by atoms with E-state index in [1.165, 1.54) is 24.3 Å². The molecule has 8 nitrogen and oxygen atoms in total. The Morgan fingerprint density at radius 2 is 1.84 bits per heavy atom. The quantitative estimate of drug-likeness (QED) is 0.470. The lowest BCUT2D eigenvalue weighted by Gasteiger charge is -2.17. The van der Waals surface area contributed by atoms with Crippen LogP contribution in [0, 0.1) is 0 Å². The van der Waals surface area contributed by atoms with Crippen molar-refractivity contribution in [3.8, 4) is 0 Å². The van der Waals surface area contributed by atoms with Gasteiger partial charge in [-0.3, -0.25) is 14.9 Å². The molecule has 0 saturated heterocycles. The molecule has 0 fully saturated rings. The third kappa shape index (κ3) is 5.26. The summed E-state index contributed by atoms with van der Waals surface area (Å²) < 4.78 is 26.1. The Bertz CT molecular complexity index is 1270. The van der Waals surface area contributed by atoms with E-state index in [0.717, 1.165) is 24.4 Å². The third-order valence-electron chi connectivity index (χ3n) is 5.02. The molecular weight excluding hydrogens is 472 g/mol. The number of carbonyl (C=O) groups is 2. The van der Waals surface area contributed by atoms with Crippen molar-refractivity contribution in [1.29, 1.82) is 0 Å². The molecule has 3 aromatic rings. The number of nitrogens with zero attached hydrogens (tertiary/aromatic N) is 2. The smallest absolute Gasteiger partial charge is 0.258 e. The zero-order chi connectivity index (χ0) is 23.5. The van der Waals surface area contributed by atoms with Gasteiger partial charge in [0.1, 0.15) is 0 Å². The van der Waals surface area contributed by atoms with Gasteiger partial charge in [0.2, 0.25) is 5.91 Å². The standard InChI is InChI=1S/C21H23ClN4O4S2/c1-3-26(4-2)10-11-32(29,30)13-8-9-16-17(12-13)31-21(24-16)25-20(28)15-7-5-6-14(18(15)22)19(23)27/h5-9,12H,3-4,10-11H2,1-2H3,(H2,23,27)(H,24,25,28). The highest BCUT2D eigenvalue weighted by Gasteiger charge is 2.19. The molecule has 0 aliphatic heterocycles. The fourth-order valence-corrected chi connectivity index (χ4v) is 5.71. The van der Waals surface area contributed by atoms with Crippen LogP contribution in [0.1, 0.15) is 34.6 Å². The Morgan fingerprint density at radius 1 is 1.16 bits per heavy atom. The fraction of sp³-hybridized carbons (Fsp3) is 0.286. The van der Waals surface area contributed by atoms with E-state index in [1.54, 1.807) is 12.1 Å². The first-order chi connectivity index (χ1) is 15.2. The number of carbonyl (C=O) groups excluding carboxylic acids is 2. The predicted octanol–water partition coefficient (Wildman–Crippen LogP) is 3.42. The molecule has 0 atom stereocenters. The van der Waals surface area contributed by atoms with E-state index in [-0.39, 0.29) is 31.9 Å². The summed E-state index contributed by atoms with van der Waals surface area (Å²) in [4.78, 5) is 30.7. The van der Waals surface area contributed by atoms with Crippen LogP contribution in [-0.2, 0) is 9.84 Å². The maximum absolute atomic E-state index is 12.7. The van der Waals surface area contributed by atoms with Gasteiger partial charge >= 0.3 is 0 Å². The number of nitrogens with two attached hydrogens (primary N) is 1. The highest BCUT2D eigenvalue weighted by molar-refractivity contribution is 7.91. The first kappa shape index (κ1) is 24.1. The molecule has 170 valence electrons. The van der Waals surface area contributed by atoms with Crippen LogP contribution in [0.5, 0.6) is 0 Å². The number of amides is 2. The van der Waals surface area contributed by atoms with Gasteiger partial charge in [0, 0.05) is 6.54 Å². The highest BCUT2D eigenvalue weighted by atomic mass is 35.5. The molecule has 32 heavy (non-hydrogen) atoms. The van der Waals surface area contributed by atoms with Crippen LogP contribution in [-0.4, -0.2) is 55.5 Å². The molecule has 0 bridgehead atoms. The molecule has 2 amide bonds. The summed E-state index contributed by atoms with van der Waals surface area (Å²) in [6, 6.07) is 9.12. The predicted molar refractivity (Wildman–Crippen MR) is 127 cm³/mol. The van der Waals surface area contributed by atoms with E-state index in [9.17, 15) is 18.0 Å². The Kier molecular flexibility index (Phi) is 7.50. The number of thiazole rings is 1. The summed E-state index contributed by atoms with van der Waals surface area (Å²) in [6.45, 7) is 6.02. The van der Waals surface area contributed by atoms with Crippen molar-refractivity contribution in [2.24, 2.45) is 5.73 Å². The average Bonchev–Trinajstić information content (AvgIpc) is 3.15. The van der Waals surface area contributed by atoms with E-state index in [0.29, 0.717) is 16.8 Å². The van der Waals surface area contributed by atoms with Gasteiger partial charge in [-0.15, -0.1) is 0 Å². The number of nitrogens with one attached hydrogen (secondary N) is 1. The van der Waals surface area contributed by atoms with Crippen LogP contribution in [0.2, 0.25) is 5.02 Å². The van der Waals surface area contributed by atoms with Crippen LogP contribution in [0.25, 0.3) is 10.2 Å². The van der Waals surface area contributed by atoms with Crippen molar-refractivity contribution in [2.45, 2.75) is 18.7 Å². The molecule has 2 aromatic carbocycles. The minimum absolute atomic E-state index is 0.0251. The number of hydrogen-bond donors (Lipinski definition) is 2. The normalized spacial score (nSPS) is 11.8. The van der Waals surface area contributed by atoms with Crippen molar-refractivity contribution in [3.63, 3.8) is 0 Å². The number of fused-ring (bicyclic) bond motifs is 1. The third-order valence-corrected chi connectivity index (χ3v) is 8.05. The number of aromatic nitrogens is 1. The first-order valence-corrected chi connectivity index (χ1v) is 12.8. The summed E-state index contributed by atoms with van der Waals surface area (Å²) in [6.07, 6.45) is 0. The minimum atomic E-state index is -3.45. The summed E-state index contributed by atoms with van der Waals surface area (Å²) in [7, 11) is -3.45. The van der Waals surface area contributed by atoms with Crippen molar-refractivity contribution in [1.82, 2.24) is 9.88 Å². The van der Waals surface area contributed by atoms with Gasteiger partial charge in [-0.05, 0) is 43.4 Å². The fourth-order valence-electron chi connectivity index (χ4n) is 3.12. The summed E-state index contributed by atoms with van der Waals surface area (Å²) in [5.74, 6) is -1.26. The number of halogens is 1.